The lowest BCUT2D eigenvalue weighted by atomic mass is 10.2. The van der Waals surface area contributed by atoms with Crippen molar-refractivity contribution in [3.63, 3.8) is 0 Å². The van der Waals surface area contributed by atoms with Crippen LogP contribution in [0.5, 0.6) is 0 Å². The van der Waals surface area contributed by atoms with E-state index in [2.05, 4.69) is 27.1 Å². The van der Waals surface area contributed by atoms with Gasteiger partial charge in [0.25, 0.3) is 0 Å². The van der Waals surface area contributed by atoms with E-state index < -0.39 is 0 Å². The number of thiazole rings is 1. The summed E-state index contributed by atoms with van der Waals surface area (Å²) in [4.78, 5) is 19.3. The quantitative estimate of drug-likeness (QED) is 0.307. The first-order valence-corrected chi connectivity index (χ1v) is 11.0. The van der Waals surface area contributed by atoms with E-state index in [9.17, 15) is 4.79 Å². The molecule has 2 aromatic carbocycles. The SMILES string of the molecule is C=CCN(C(=O)CSc1nnnn1-c1ccccc1)c1nc(-c2ccccc2)cs1. The number of carbonyl (C=O) groups excluding carboxylic acids is 1. The summed E-state index contributed by atoms with van der Waals surface area (Å²) in [5, 5.41) is 15.0. The summed E-state index contributed by atoms with van der Waals surface area (Å²) in [5.74, 6) is 0.0952. The van der Waals surface area contributed by atoms with Crippen LogP contribution in [0.2, 0.25) is 0 Å². The molecule has 0 bridgehead atoms. The lowest BCUT2D eigenvalue weighted by Crippen LogP contribution is -2.32. The standard InChI is InChI=1S/C21H18N6OS2/c1-2-13-26(20-22-18(14-29-20)16-9-5-3-6-10-16)19(28)15-30-21-23-24-25-27(21)17-11-7-4-8-12-17/h2-12,14H,1,13,15H2. The summed E-state index contributed by atoms with van der Waals surface area (Å²) >= 11 is 2.72. The number of hydrogen-bond donors (Lipinski definition) is 0. The molecule has 0 aliphatic heterocycles. The third kappa shape index (κ3) is 4.47. The molecule has 0 N–H and O–H groups in total. The Hall–Kier alpha value is -3.30. The van der Waals surface area contributed by atoms with Crippen molar-refractivity contribution in [3.8, 4) is 16.9 Å². The third-order valence-electron chi connectivity index (χ3n) is 4.17. The van der Waals surface area contributed by atoms with Crippen LogP contribution in [0.15, 0.2) is 83.9 Å². The number of aromatic nitrogens is 5. The van der Waals surface area contributed by atoms with Crippen molar-refractivity contribution < 1.29 is 4.79 Å². The Kier molecular flexibility index (Phi) is 6.31. The number of anilines is 1. The monoisotopic (exact) mass is 434 g/mol. The van der Waals surface area contributed by atoms with Crippen LogP contribution >= 0.6 is 23.1 Å². The minimum atomic E-state index is -0.0866. The Morgan fingerprint density at radius 1 is 1.13 bits per heavy atom. The number of tetrazole rings is 1. The summed E-state index contributed by atoms with van der Waals surface area (Å²) in [6, 6.07) is 19.5. The van der Waals surface area contributed by atoms with Crippen molar-refractivity contribution >= 4 is 34.1 Å². The molecule has 9 heteroatoms. The molecule has 0 radical (unpaired) electrons. The molecule has 0 saturated carbocycles. The molecule has 0 fully saturated rings. The zero-order valence-electron chi connectivity index (χ0n) is 16.0. The number of benzene rings is 2. The van der Waals surface area contributed by atoms with Gasteiger partial charge in [0.2, 0.25) is 11.1 Å². The maximum Gasteiger partial charge on any atom is 0.239 e. The van der Waals surface area contributed by atoms with Crippen LogP contribution in [0.3, 0.4) is 0 Å². The van der Waals surface area contributed by atoms with E-state index in [4.69, 9.17) is 0 Å². The van der Waals surface area contributed by atoms with Crippen LogP contribution in [0.25, 0.3) is 16.9 Å². The molecular formula is C21H18N6OS2. The van der Waals surface area contributed by atoms with Crippen molar-refractivity contribution in [3.05, 3.63) is 78.7 Å². The number of thioether (sulfide) groups is 1. The largest absolute Gasteiger partial charge is 0.284 e. The van der Waals surface area contributed by atoms with Crippen LogP contribution in [-0.2, 0) is 4.79 Å². The minimum absolute atomic E-state index is 0.0866. The highest BCUT2D eigenvalue weighted by atomic mass is 32.2. The van der Waals surface area contributed by atoms with Gasteiger partial charge in [-0.3, -0.25) is 9.69 Å². The van der Waals surface area contributed by atoms with Crippen molar-refractivity contribution in [2.75, 3.05) is 17.2 Å². The zero-order valence-corrected chi connectivity index (χ0v) is 17.6. The van der Waals surface area contributed by atoms with E-state index in [1.165, 1.54) is 23.1 Å². The third-order valence-corrected chi connectivity index (χ3v) is 5.94. The molecule has 0 atom stereocenters. The lowest BCUT2D eigenvalue weighted by Gasteiger charge is -2.17. The number of rotatable bonds is 8. The topological polar surface area (TPSA) is 76.8 Å². The maximum absolute atomic E-state index is 13.0. The minimum Gasteiger partial charge on any atom is -0.284 e. The summed E-state index contributed by atoms with van der Waals surface area (Å²) in [5.41, 5.74) is 2.70. The highest BCUT2D eigenvalue weighted by Crippen LogP contribution is 2.28. The van der Waals surface area contributed by atoms with E-state index in [1.54, 1.807) is 15.7 Å². The van der Waals surface area contributed by atoms with Gasteiger partial charge >= 0.3 is 0 Å². The first-order chi connectivity index (χ1) is 14.8. The van der Waals surface area contributed by atoms with Gasteiger partial charge in [0, 0.05) is 17.5 Å². The van der Waals surface area contributed by atoms with E-state index >= 15 is 0 Å². The van der Waals surface area contributed by atoms with Crippen LogP contribution in [0.1, 0.15) is 0 Å². The molecule has 1 amide bonds. The van der Waals surface area contributed by atoms with Crippen LogP contribution in [0, 0.1) is 0 Å². The molecule has 0 aliphatic rings. The second-order valence-corrected chi connectivity index (χ2v) is 7.95. The Morgan fingerprint density at radius 3 is 2.60 bits per heavy atom. The van der Waals surface area contributed by atoms with E-state index in [0.29, 0.717) is 16.8 Å². The Bertz CT molecular complexity index is 1130. The van der Waals surface area contributed by atoms with Gasteiger partial charge in [0.1, 0.15) is 0 Å². The molecule has 30 heavy (non-hydrogen) atoms. The summed E-state index contributed by atoms with van der Waals surface area (Å²) in [7, 11) is 0. The van der Waals surface area contributed by atoms with Crippen molar-refractivity contribution in [2.24, 2.45) is 0 Å². The van der Waals surface area contributed by atoms with Gasteiger partial charge in [0.05, 0.1) is 17.1 Å². The number of carbonyl (C=O) groups is 1. The number of nitrogens with zero attached hydrogens (tertiary/aromatic N) is 6. The number of para-hydroxylation sites is 1. The van der Waals surface area contributed by atoms with Crippen molar-refractivity contribution in [1.82, 2.24) is 25.2 Å². The van der Waals surface area contributed by atoms with Gasteiger partial charge in [-0.05, 0) is 22.6 Å². The predicted molar refractivity (Wildman–Crippen MR) is 120 cm³/mol. The second kappa shape index (κ2) is 9.47. The number of hydrogen-bond acceptors (Lipinski definition) is 7. The van der Waals surface area contributed by atoms with Gasteiger partial charge in [-0.1, -0.05) is 66.4 Å². The molecule has 4 aromatic rings. The van der Waals surface area contributed by atoms with Gasteiger partial charge in [-0.25, -0.2) is 4.98 Å². The van der Waals surface area contributed by atoms with Gasteiger partial charge < -0.3 is 0 Å². The van der Waals surface area contributed by atoms with Gasteiger partial charge in [0.15, 0.2) is 5.13 Å². The van der Waals surface area contributed by atoms with Gasteiger partial charge in [-0.2, -0.15) is 4.68 Å². The normalized spacial score (nSPS) is 10.7. The number of amides is 1. The van der Waals surface area contributed by atoms with Gasteiger partial charge in [-0.15, -0.1) is 23.0 Å². The Balaban J connectivity index is 1.48. The fraction of sp³-hybridized carbons (Fsp3) is 0.0952. The highest BCUT2D eigenvalue weighted by molar-refractivity contribution is 7.99. The first-order valence-electron chi connectivity index (χ1n) is 9.15. The molecule has 2 aromatic heterocycles. The summed E-state index contributed by atoms with van der Waals surface area (Å²) < 4.78 is 1.62. The second-order valence-electron chi connectivity index (χ2n) is 6.17. The highest BCUT2D eigenvalue weighted by Gasteiger charge is 2.20. The first kappa shape index (κ1) is 20.0. The van der Waals surface area contributed by atoms with Crippen LogP contribution in [-0.4, -0.2) is 43.4 Å². The van der Waals surface area contributed by atoms with Crippen molar-refractivity contribution in [2.45, 2.75) is 5.16 Å². The molecule has 2 heterocycles. The Morgan fingerprint density at radius 2 is 1.87 bits per heavy atom. The molecular weight excluding hydrogens is 416 g/mol. The van der Waals surface area contributed by atoms with E-state index in [1.807, 2.05) is 66.0 Å². The molecule has 150 valence electrons. The Labute approximate surface area is 182 Å². The lowest BCUT2D eigenvalue weighted by molar-refractivity contribution is -0.116. The summed E-state index contributed by atoms with van der Waals surface area (Å²) in [6.45, 7) is 4.16. The molecule has 0 spiro atoms. The predicted octanol–water partition coefficient (Wildman–Crippen LogP) is 4.10. The molecule has 0 saturated heterocycles. The fourth-order valence-corrected chi connectivity index (χ4v) is 4.38. The smallest absolute Gasteiger partial charge is 0.239 e. The van der Waals surface area contributed by atoms with E-state index in [-0.39, 0.29) is 11.7 Å². The molecule has 0 unspecified atom stereocenters. The average molecular weight is 435 g/mol. The average Bonchev–Trinajstić information content (AvgIpc) is 3.47. The van der Waals surface area contributed by atoms with Crippen molar-refractivity contribution in [1.29, 1.82) is 0 Å². The fourth-order valence-electron chi connectivity index (χ4n) is 2.75. The molecule has 7 nitrogen and oxygen atoms in total. The summed E-state index contributed by atoms with van der Waals surface area (Å²) in [6.07, 6.45) is 1.69. The molecule has 0 aliphatic carbocycles. The van der Waals surface area contributed by atoms with Crippen LogP contribution in [0.4, 0.5) is 5.13 Å². The van der Waals surface area contributed by atoms with Crippen LogP contribution < -0.4 is 4.90 Å². The zero-order chi connectivity index (χ0) is 20.8. The van der Waals surface area contributed by atoms with E-state index in [0.717, 1.165) is 16.9 Å². The maximum atomic E-state index is 13.0. The molecule has 4 rings (SSSR count).